The van der Waals surface area contributed by atoms with Crippen LogP contribution in [0.25, 0.3) is 0 Å². The van der Waals surface area contributed by atoms with E-state index in [0.717, 1.165) is 57.8 Å². The number of carbonyl (C=O) groups excluding carboxylic acids is 3. The van der Waals surface area contributed by atoms with Crippen molar-refractivity contribution in [1.82, 2.24) is 25.2 Å². The molecule has 210 valence electrons. The third-order valence-corrected chi connectivity index (χ3v) is 10.4. The van der Waals surface area contributed by atoms with E-state index < -0.39 is 40.1 Å². The molecule has 0 bridgehead atoms. The minimum absolute atomic E-state index is 0.0373. The van der Waals surface area contributed by atoms with Crippen molar-refractivity contribution >= 4 is 27.7 Å². The maximum atomic E-state index is 14.1. The summed E-state index contributed by atoms with van der Waals surface area (Å²) in [6, 6.07) is -1.94. The number of amides is 3. The number of sulfonamides is 1. The fraction of sp³-hybridized carbons (Fsp3) is 0.885. The van der Waals surface area contributed by atoms with E-state index in [-0.39, 0.29) is 36.2 Å². The summed E-state index contributed by atoms with van der Waals surface area (Å²) < 4.78 is 26.8. The molecule has 2 heterocycles. The lowest BCUT2D eigenvalue weighted by Crippen LogP contribution is -2.58. The molecule has 0 radical (unpaired) electrons. The monoisotopic (exact) mass is 539 g/mol. The van der Waals surface area contributed by atoms with Gasteiger partial charge in [-0.05, 0) is 52.0 Å². The van der Waals surface area contributed by atoms with Gasteiger partial charge in [-0.3, -0.25) is 14.4 Å². The quantitative estimate of drug-likeness (QED) is 0.422. The SMILES string of the molecule is CN[C@H](C)C(=O)N[C@H](C(=O)N1CC[C@@H]2[C@H]1[C@@H](C(=O)NC1CCCCC1)CN2S(C)(=O)=O)C1CCCCC1. The van der Waals surface area contributed by atoms with E-state index in [2.05, 4.69) is 16.0 Å². The van der Waals surface area contributed by atoms with E-state index in [1.807, 2.05) is 0 Å². The third kappa shape index (κ3) is 6.30. The highest BCUT2D eigenvalue weighted by molar-refractivity contribution is 7.88. The van der Waals surface area contributed by atoms with Gasteiger partial charge in [0.1, 0.15) is 6.04 Å². The Morgan fingerprint density at radius 2 is 1.54 bits per heavy atom. The number of rotatable bonds is 8. The van der Waals surface area contributed by atoms with Crippen molar-refractivity contribution in [3.8, 4) is 0 Å². The molecule has 37 heavy (non-hydrogen) atoms. The van der Waals surface area contributed by atoms with Crippen LogP contribution < -0.4 is 16.0 Å². The lowest BCUT2D eigenvalue weighted by Gasteiger charge is -2.36. The van der Waals surface area contributed by atoms with E-state index in [9.17, 15) is 22.8 Å². The van der Waals surface area contributed by atoms with Crippen LogP contribution in [0, 0.1) is 11.8 Å². The van der Waals surface area contributed by atoms with Crippen LogP contribution >= 0.6 is 0 Å². The van der Waals surface area contributed by atoms with E-state index in [4.69, 9.17) is 0 Å². The van der Waals surface area contributed by atoms with Crippen molar-refractivity contribution in [1.29, 1.82) is 0 Å². The van der Waals surface area contributed by atoms with Crippen molar-refractivity contribution in [3.05, 3.63) is 0 Å². The van der Waals surface area contributed by atoms with Crippen molar-refractivity contribution in [2.45, 2.75) is 108 Å². The second-order valence-electron chi connectivity index (χ2n) is 11.6. The summed E-state index contributed by atoms with van der Waals surface area (Å²) in [5, 5.41) is 9.13. The zero-order valence-corrected chi connectivity index (χ0v) is 23.4. The summed E-state index contributed by atoms with van der Waals surface area (Å²) >= 11 is 0. The van der Waals surface area contributed by atoms with E-state index >= 15 is 0 Å². The molecule has 11 heteroatoms. The number of nitrogens with one attached hydrogen (secondary N) is 3. The number of hydrogen-bond donors (Lipinski definition) is 3. The number of carbonyl (C=O) groups is 3. The largest absolute Gasteiger partial charge is 0.353 e. The molecule has 4 fully saturated rings. The van der Waals surface area contributed by atoms with Gasteiger partial charge in [-0.25, -0.2) is 8.42 Å². The van der Waals surface area contributed by atoms with Gasteiger partial charge in [0.25, 0.3) is 0 Å². The Balaban J connectivity index is 1.58. The van der Waals surface area contributed by atoms with Crippen molar-refractivity contribution in [2.75, 3.05) is 26.4 Å². The molecule has 2 aliphatic heterocycles. The van der Waals surface area contributed by atoms with Gasteiger partial charge < -0.3 is 20.9 Å². The molecule has 4 aliphatic rings. The van der Waals surface area contributed by atoms with Crippen LogP contribution in [0.2, 0.25) is 0 Å². The van der Waals surface area contributed by atoms with Gasteiger partial charge >= 0.3 is 0 Å². The minimum Gasteiger partial charge on any atom is -0.353 e. The number of hydrogen-bond acceptors (Lipinski definition) is 6. The summed E-state index contributed by atoms with van der Waals surface area (Å²) in [6.07, 6.45) is 11.8. The smallest absolute Gasteiger partial charge is 0.245 e. The lowest BCUT2D eigenvalue weighted by molar-refractivity contribution is -0.141. The average molecular weight is 540 g/mol. The molecule has 0 aromatic rings. The second-order valence-corrected chi connectivity index (χ2v) is 13.5. The Bertz CT molecular complexity index is 947. The van der Waals surface area contributed by atoms with Gasteiger partial charge in [-0.1, -0.05) is 38.5 Å². The first kappa shape index (κ1) is 28.3. The van der Waals surface area contributed by atoms with Crippen LogP contribution in [0.15, 0.2) is 0 Å². The molecule has 0 aromatic heterocycles. The van der Waals surface area contributed by atoms with Gasteiger partial charge in [0.2, 0.25) is 27.7 Å². The number of nitrogens with zero attached hydrogens (tertiary/aromatic N) is 2. The van der Waals surface area contributed by atoms with Crippen LogP contribution in [-0.4, -0.2) is 91.9 Å². The average Bonchev–Trinajstić information content (AvgIpc) is 3.48. The molecule has 0 spiro atoms. The molecule has 0 unspecified atom stereocenters. The van der Waals surface area contributed by atoms with Crippen LogP contribution in [0.3, 0.4) is 0 Å². The summed E-state index contributed by atoms with van der Waals surface area (Å²) in [7, 11) is -1.83. The van der Waals surface area contributed by atoms with Gasteiger partial charge in [0.15, 0.2) is 0 Å². The number of likely N-dealkylation sites (tertiary alicyclic amines) is 1. The van der Waals surface area contributed by atoms with E-state index in [1.54, 1.807) is 18.9 Å². The molecule has 4 rings (SSSR count). The Labute approximate surface area is 221 Å². The summed E-state index contributed by atoms with van der Waals surface area (Å²) in [6.45, 7) is 2.23. The lowest BCUT2D eigenvalue weighted by atomic mass is 9.83. The molecule has 10 nitrogen and oxygen atoms in total. The van der Waals surface area contributed by atoms with Crippen LogP contribution in [0.4, 0.5) is 0 Å². The first-order valence-corrected chi connectivity index (χ1v) is 16.0. The number of likely N-dealkylation sites (N-methyl/N-ethyl adjacent to an activating group) is 1. The predicted octanol–water partition coefficient (Wildman–Crippen LogP) is 0.969. The van der Waals surface area contributed by atoms with E-state index in [1.165, 1.54) is 17.0 Å². The molecule has 3 amide bonds. The first-order chi connectivity index (χ1) is 17.6. The molecule has 5 atom stereocenters. The molecule has 3 N–H and O–H groups in total. The highest BCUT2D eigenvalue weighted by Crippen LogP contribution is 2.39. The summed E-state index contributed by atoms with van der Waals surface area (Å²) in [5.74, 6) is -1.14. The molecular weight excluding hydrogens is 494 g/mol. The zero-order valence-electron chi connectivity index (χ0n) is 22.6. The Hall–Kier alpha value is -1.72. The first-order valence-electron chi connectivity index (χ1n) is 14.2. The zero-order chi connectivity index (χ0) is 26.7. The maximum Gasteiger partial charge on any atom is 0.245 e. The Morgan fingerprint density at radius 3 is 2.14 bits per heavy atom. The fourth-order valence-electron chi connectivity index (χ4n) is 6.90. The van der Waals surface area contributed by atoms with Crippen molar-refractivity contribution < 1.29 is 22.8 Å². The van der Waals surface area contributed by atoms with E-state index in [0.29, 0.717) is 13.0 Å². The molecule has 2 saturated heterocycles. The van der Waals surface area contributed by atoms with Gasteiger partial charge in [0.05, 0.1) is 24.3 Å². The third-order valence-electron chi connectivity index (χ3n) is 9.09. The van der Waals surface area contributed by atoms with Crippen molar-refractivity contribution in [2.24, 2.45) is 11.8 Å². The summed E-state index contributed by atoms with van der Waals surface area (Å²) in [4.78, 5) is 42.2. The Morgan fingerprint density at radius 1 is 0.919 bits per heavy atom. The summed E-state index contributed by atoms with van der Waals surface area (Å²) in [5.41, 5.74) is 0. The fourth-order valence-corrected chi connectivity index (χ4v) is 8.06. The minimum atomic E-state index is -3.54. The van der Waals surface area contributed by atoms with Crippen molar-refractivity contribution in [3.63, 3.8) is 0 Å². The van der Waals surface area contributed by atoms with Gasteiger partial charge in [0, 0.05) is 25.2 Å². The molecule has 2 aliphatic carbocycles. The topological polar surface area (TPSA) is 128 Å². The van der Waals surface area contributed by atoms with Crippen LogP contribution in [0.1, 0.15) is 77.6 Å². The van der Waals surface area contributed by atoms with Crippen LogP contribution in [-0.2, 0) is 24.4 Å². The Kier molecular flexibility index (Phi) is 9.17. The van der Waals surface area contributed by atoms with Crippen LogP contribution in [0.5, 0.6) is 0 Å². The standard InChI is InChI=1S/C26H45N5O5S/c1-17(27-2)24(32)29-22(18-10-6-4-7-11-18)26(34)30-15-14-21-23(30)20(16-31(21)37(3,35)36)25(33)28-19-12-8-5-9-13-19/h17-23,27H,4-16H2,1-3H3,(H,28,33)(H,29,32)/t17-,20+,21-,22+,23-/m1/s1. The second kappa shape index (κ2) is 12.0. The molecule has 2 saturated carbocycles. The van der Waals surface area contributed by atoms with Gasteiger partial charge in [-0.15, -0.1) is 0 Å². The molecule has 0 aromatic carbocycles. The number of fused-ring (bicyclic) bond motifs is 1. The molecular formula is C26H45N5O5S. The van der Waals surface area contributed by atoms with Gasteiger partial charge in [-0.2, -0.15) is 4.31 Å². The highest BCUT2D eigenvalue weighted by Gasteiger charge is 2.56. The highest BCUT2D eigenvalue weighted by atomic mass is 32.2. The maximum absolute atomic E-state index is 14.1. The normalized spacial score (nSPS) is 29.5. The predicted molar refractivity (Wildman–Crippen MR) is 141 cm³/mol.